The summed E-state index contributed by atoms with van der Waals surface area (Å²) in [5, 5.41) is 13.0. The van der Waals surface area contributed by atoms with Crippen molar-refractivity contribution < 1.29 is 0 Å². The van der Waals surface area contributed by atoms with Gasteiger partial charge in [-0.1, -0.05) is 6.92 Å². The Morgan fingerprint density at radius 1 is 1.22 bits per heavy atom. The lowest BCUT2D eigenvalue weighted by Crippen LogP contribution is -2.29. The number of fused-ring (bicyclic) bond motifs is 1. The van der Waals surface area contributed by atoms with Gasteiger partial charge in [0.05, 0.1) is 5.69 Å². The van der Waals surface area contributed by atoms with Crippen molar-refractivity contribution in [2.75, 3.05) is 20.1 Å². The predicted molar refractivity (Wildman–Crippen MR) is 69.6 cm³/mol. The van der Waals surface area contributed by atoms with E-state index < -0.39 is 0 Å². The number of likely N-dealkylation sites (tertiary alicyclic amines) is 1. The Morgan fingerprint density at radius 2 is 2.00 bits per heavy atom. The van der Waals surface area contributed by atoms with Crippen molar-refractivity contribution in [1.82, 2.24) is 24.7 Å². The van der Waals surface area contributed by atoms with Crippen LogP contribution in [0.25, 0.3) is 5.65 Å². The first kappa shape index (κ1) is 11.6. The smallest absolute Gasteiger partial charge is 0.177 e. The lowest BCUT2D eigenvalue weighted by atomic mass is 9.94. The molecule has 0 spiro atoms. The standard InChI is InChI=1S/C13H19N5/c1-3-12-14-15-13-5-4-11(16-18(12)13)10-6-8-17(2)9-7-10/h4-5,10H,3,6-9H2,1-2H3. The average Bonchev–Trinajstić information content (AvgIpc) is 2.81. The van der Waals surface area contributed by atoms with Crippen LogP contribution in [0.5, 0.6) is 0 Å². The second kappa shape index (κ2) is 4.65. The van der Waals surface area contributed by atoms with Crippen LogP contribution in [0.1, 0.15) is 37.2 Å². The Bertz CT molecular complexity index is 539. The first-order valence-electron chi connectivity index (χ1n) is 6.67. The number of piperidine rings is 1. The maximum Gasteiger partial charge on any atom is 0.177 e. The lowest BCUT2D eigenvalue weighted by molar-refractivity contribution is 0.252. The van der Waals surface area contributed by atoms with Gasteiger partial charge in [-0.25, -0.2) is 0 Å². The number of hydrogen-bond acceptors (Lipinski definition) is 4. The fourth-order valence-corrected chi connectivity index (χ4v) is 2.59. The molecule has 3 heterocycles. The Hall–Kier alpha value is -1.49. The van der Waals surface area contributed by atoms with Crippen LogP contribution in [0.4, 0.5) is 0 Å². The van der Waals surface area contributed by atoms with Gasteiger partial charge < -0.3 is 4.90 Å². The first-order valence-corrected chi connectivity index (χ1v) is 6.67. The van der Waals surface area contributed by atoms with Crippen LogP contribution < -0.4 is 0 Å². The van der Waals surface area contributed by atoms with E-state index in [9.17, 15) is 0 Å². The van der Waals surface area contributed by atoms with E-state index in [0.29, 0.717) is 5.92 Å². The van der Waals surface area contributed by atoms with E-state index >= 15 is 0 Å². The van der Waals surface area contributed by atoms with Gasteiger partial charge in [0.2, 0.25) is 0 Å². The molecule has 2 aromatic heterocycles. The van der Waals surface area contributed by atoms with E-state index in [1.165, 1.54) is 18.5 Å². The number of nitrogens with zero attached hydrogens (tertiary/aromatic N) is 5. The third kappa shape index (κ3) is 1.99. The summed E-state index contributed by atoms with van der Waals surface area (Å²) >= 11 is 0. The monoisotopic (exact) mass is 245 g/mol. The van der Waals surface area contributed by atoms with Crippen molar-refractivity contribution in [2.24, 2.45) is 0 Å². The quantitative estimate of drug-likeness (QED) is 0.804. The molecule has 3 rings (SSSR count). The molecule has 18 heavy (non-hydrogen) atoms. The molecule has 0 amide bonds. The molecule has 1 aliphatic rings. The molecule has 2 aromatic rings. The van der Waals surface area contributed by atoms with Gasteiger partial charge in [0, 0.05) is 12.3 Å². The molecule has 1 fully saturated rings. The van der Waals surface area contributed by atoms with Gasteiger partial charge in [0.1, 0.15) is 0 Å². The molecule has 0 N–H and O–H groups in total. The van der Waals surface area contributed by atoms with Crippen LogP contribution in [0.15, 0.2) is 12.1 Å². The summed E-state index contributed by atoms with van der Waals surface area (Å²) in [5.74, 6) is 1.53. The summed E-state index contributed by atoms with van der Waals surface area (Å²) in [4.78, 5) is 2.38. The molecule has 5 nitrogen and oxygen atoms in total. The van der Waals surface area contributed by atoms with E-state index in [-0.39, 0.29) is 0 Å². The molecule has 0 radical (unpaired) electrons. The SMILES string of the molecule is CCc1nnc2ccc(C3CCN(C)CC3)nn12. The number of aryl methyl sites for hydroxylation is 1. The summed E-state index contributed by atoms with van der Waals surface area (Å²) in [6.07, 6.45) is 3.25. The van der Waals surface area contributed by atoms with Gasteiger partial charge in [0.15, 0.2) is 11.5 Å². The molecule has 0 aromatic carbocycles. The van der Waals surface area contributed by atoms with Crippen molar-refractivity contribution >= 4 is 5.65 Å². The molecule has 0 saturated carbocycles. The second-order valence-corrected chi connectivity index (χ2v) is 5.08. The van der Waals surface area contributed by atoms with Crippen LogP contribution in [-0.4, -0.2) is 44.8 Å². The number of aromatic nitrogens is 4. The summed E-state index contributed by atoms with van der Waals surface area (Å²) in [6, 6.07) is 4.15. The summed E-state index contributed by atoms with van der Waals surface area (Å²) in [5.41, 5.74) is 2.04. The van der Waals surface area contributed by atoms with Crippen molar-refractivity contribution in [2.45, 2.75) is 32.1 Å². The molecule has 0 unspecified atom stereocenters. The molecule has 5 heteroatoms. The average molecular weight is 245 g/mol. The largest absolute Gasteiger partial charge is 0.306 e. The Balaban J connectivity index is 1.92. The van der Waals surface area contributed by atoms with Crippen molar-refractivity contribution in [3.05, 3.63) is 23.7 Å². The van der Waals surface area contributed by atoms with Crippen LogP contribution in [0.3, 0.4) is 0 Å². The highest BCUT2D eigenvalue weighted by atomic mass is 15.4. The van der Waals surface area contributed by atoms with Crippen molar-refractivity contribution in [1.29, 1.82) is 0 Å². The van der Waals surface area contributed by atoms with E-state index in [0.717, 1.165) is 31.0 Å². The normalized spacial score (nSPS) is 18.6. The van der Waals surface area contributed by atoms with Crippen molar-refractivity contribution in [3.63, 3.8) is 0 Å². The fraction of sp³-hybridized carbons (Fsp3) is 0.615. The molecule has 1 aliphatic heterocycles. The maximum absolute atomic E-state index is 4.73. The minimum Gasteiger partial charge on any atom is -0.306 e. The highest BCUT2D eigenvalue weighted by Gasteiger charge is 2.20. The van der Waals surface area contributed by atoms with Gasteiger partial charge in [-0.15, -0.1) is 10.2 Å². The van der Waals surface area contributed by atoms with E-state index in [1.807, 2.05) is 10.6 Å². The third-order valence-electron chi connectivity index (χ3n) is 3.80. The van der Waals surface area contributed by atoms with Gasteiger partial charge >= 0.3 is 0 Å². The van der Waals surface area contributed by atoms with E-state index in [1.54, 1.807) is 0 Å². The molecule has 0 bridgehead atoms. The molecule has 0 atom stereocenters. The van der Waals surface area contributed by atoms with Crippen LogP contribution in [0, 0.1) is 0 Å². The molecule has 1 saturated heterocycles. The molecular weight excluding hydrogens is 226 g/mol. The van der Waals surface area contributed by atoms with Crippen LogP contribution in [-0.2, 0) is 6.42 Å². The second-order valence-electron chi connectivity index (χ2n) is 5.08. The van der Waals surface area contributed by atoms with Gasteiger partial charge in [-0.3, -0.25) is 0 Å². The maximum atomic E-state index is 4.73. The molecule has 96 valence electrons. The summed E-state index contributed by atoms with van der Waals surface area (Å²) in [7, 11) is 2.18. The van der Waals surface area contributed by atoms with E-state index in [2.05, 4.69) is 35.1 Å². The third-order valence-corrected chi connectivity index (χ3v) is 3.80. The first-order chi connectivity index (χ1) is 8.78. The Kier molecular flexibility index (Phi) is 2.99. The van der Waals surface area contributed by atoms with E-state index in [4.69, 9.17) is 5.10 Å². The summed E-state index contributed by atoms with van der Waals surface area (Å²) in [6.45, 7) is 4.40. The highest BCUT2D eigenvalue weighted by Crippen LogP contribution is 2.25. The van der Waals surface area contributed by atoms with Gasteiger partial charge in [-0.2, -0.15) is 9.61 Å². The highest BCUT2D eigenvalue weighted by molar-refractivity contribution is 5.36. The van der Waals surface area contributed by atoms with Crippen molar-refractivity contribution in [3.8, 4) is 0 Å². The Labute approximate surface area is 107 Å². The zero-order chi connectivity index (χ0) is 12.5. The zero-order valence-corrected chi connectivity index (χ0v) is 11.0. The van der Waals surface area contributed by atoms with Gasteiger partial charge in [-0.05, 0) is 45.1 Å². The van der Waals surface area contributed by atoms with Crippen LogP contribution >= 0.6 is 0 Å². The number of rotatable bonds is 2. The molecule has 0 aliphatic carbocycles. The lowest BCUT2D eigenvalue weighted by Gasteiger charge is -2.28. The number of hydrogen-bond donors (Lipinski definition) is 0. The zero-order valence-electron chi connectivity index (χ0n) is 11.0. The predicted octanol–water partition coefficient (Wildman–Crippen LogP) is 1.50. The minimum absolute atomic E-state index is 0.581. The van der Waals surface area contributed by atoms with Gasteiger partial charge in [0.25, 0.3) is 0 Å². The minimum atomic E-state index is 0.581. The Morgan fingerprint density at radius 3 is 2.72 bits per heavy atom. The topological polar surface area (TPSA) is 46.3 Å². The summed E-state index contributed by atoms with van der Waals surface area (Å²) < 4.78 is 1.90. The van der Waals surface area contributed by atoms with Crippen LogP contribution in [0.2, 0.25) is 0 Å². The molecular formula is C13H19N5. The fourth-order valence-electron chi connectivity index (χ4n) is 2.59.